The van der Waals surface area contributed by atoms with Gasteiger partial charge in [-0.15, -0.1) is 0 Å². The van der Waals surface area contributed by atoms with Crippen molar-refractivity contribution in [1.29, 1.82) is 0 Å². The maximum atomic E-state index is 12.1. The summed E-state index contributed by atoms with van der Waals surface area (Å²) in [7, 11) is 0. The normalized spacial score (nSPS) is 17.9. The number of aliphatic hydroxyl groups is 1. The number of hydrogen-bond donors (Lipinski definition) is 2. The third-order valence-electron chi connectivity index (χ3n) is 3.81. The summed E-state index contributed by atoms with van der Waals surface area (Å²) < 4.78 is 1.69. The van der Waals surface area contributed by atoms with Crippen molar-refractivity contribution >= 4 is 5.91 Å². The second kappa shape index (κ2) is 6.19. The first-order valence-electron chi connectivity index (χ1n) is 7.09. The van der Waals surface area contributed by atoms with Gasteiger partial charge >= 0.3 is 0 Å². The number of nitrogens with one attached hydrogen (secondary N) is 1. The van der Waals surface area contributed by atoms with Crippen molar-refractivity contribution in [2.24, 2.45) is 5.92 Å². The van der Waals surface area contributed by atoms with Gasteiger partial charge in [-0.05, 0) is 38.7 Å². The summed E-state index contributed by atoms with van der Waals surface area (Å²) in [6.07, 6.45) is 5.72. The van der Waals surface area contributed by atoms with Gasteiger partial charge in [-0.2, -0.15) is 5.10 Å². The van der Waals surface area contributed by atoms with E-state index in [-0.39, 0.29) is 11.9 Å². The number of aromatic nitrogens is 2. The van der Waals surface area contributed by atoms with E-state index < -0.39 is 6.10 Å². The summed E-state index contributed by atoms with van der Waals surface area (Å²) in [5.74, 6) is 0.179. The van der Waals surface area contributed by atoms with E-state index in [1.54, 1.807) is 16.9 Å². The van der Waals surface area contributed by atoms with Gasteiger partial charge in [-0.1, -0.05) is 12.8 Å². The molecule has 1 saturated carbocycles. The molecule has 0 spiro atoms. The highest BCUT2D eigenvalue weighted by Gasteiger charge is 2.24. The van der Waals surface area contributed by atoms with Crippen molar-refractivity contribution in [2.75, 3.05) is 6.54 Å². The van der Waals surface area contributed by atoms with Crippen LogP contribution in [0.3, 0.4) is 0 Å². The standard InChI is InChI=1S/C14H23N3O2/c1-10(2)17-12(7-8-16-17)14(19)15-9-13(18)11-5-3-4-6-11/h7-8,10-11,13,18H,3-6,9H2,1-2H3,(H,15,19). The van der Waals surface area contributed by atoms with Gasteiger partial charge in [0.15, 0.2) is 0 Å². The molecule has 2 rings (SSSR count). The van der Waals surface area contributed by atoms with Gasteiger partial charge in [0.25, 0.3) is 5.91 Å². The molecule has 0 aliphatic heterocycles. The van der Waals surface area contributed by atoms with Crippen LogP contribution in [0, 0.1) is 5.92 Å². The molecule has 1 aromatic heterocycles. The van der Waals surface area contributed by atoms with Crippen LogP contribution in [0.1, 0.15) is 56.1 Å². The molecule has 5 nitrogen and oxygen atoms in total. The molecule has 0 saturated heterocycles. The Balaban J connectivity index is 1.88. The van der Waals surface area contributed by atoms with Crippen LogP contribution in [0.2, 0.25) is 0 Å². The zero-order chi connectivity index (χ0) is 13.8. The maximum Gasteiger partial charge on any atom is 0.269 e. The van der Waals surface area contributed by atoms with Crippen LogP contribution in [-0.2, 0) is 0 Å². The third kappa shape index (κ3) is 3.35. The number of nitrogens with zero attached hydrogens (tertiary/aromatic N) is 2. The number of carbonyl (C=O) groups is 1. The molecule has 1 fully saturated rings. The molecule has 1 unspecified atom stereocenters. The van der Waals surface area contributed by atoms with E-state index in [0.29, 0.717) is 18.2 Å². The first-order valence-corrected chi connectivity index (χ1v) is 7.09. The fourth-order valence-electron chi connectivity index (χ4n) is 2.70. The van der Waals surface area contributed by atoms with Crippen molar-refractivity contribution in [2.45, 2.75) is 51.7 Å². The lowest BCUT2D eigenvalue weighted by atomic mass is 10.0. The van der Waals surface area contributed by atoms with Crippen molar-refractivity contribution < 1.29 is 9.90 Å². The second-order valence-corrected chi connectivity index (χ2v) is 5.58. The topological polar surface area (TPSA) is 67.2 Å². The quantitative estimate of drug-likeness (QED) is 0.852. The van der Waals surface area contributed by atoms with E-state index in [4.69, 9.17) is 0 Å². The minimum Gasteiger partial charge on any atom is -0.391 e. The Morgan fingerprint density at radius 1 is 1.53 bits per heavy atom. The van der Waals surface area contributed by atoms with E-state index in [1.165, 1.54) is 12.8 Å². The van der Waals surface area contributed by atoms with Crippen LogP contribution in [-0.4, -0.2) is 33.4 Å². The van der Waals surface area contributed by atoms with Crippen LogP contribution >= 0.6 is 0 Å². The largest absolute Gasteiger partial charge is 0.391 e. The Hall–Kier alpha value is -1.36. The van der Waals surface area contributed by atoms with E-state index in [9.17, 15) is 9.90 Å². The van der Waals surface area contributed by atoms with Crippen molar-refractivity contribution in [1.82, 2.24) is 15.1 Å². The Bertz CT molecular complexity index is 422. The zero-order valence-electron chi connectivity index (χ0n) is 11.7. The fraction of sp³-hybridized carbons (Fsp3) is 0.714. The number of aliphatic hydroxyl groups excluding tert-OH is 1. The van der Waals surface area contributed by atoms with Crippen LogP contribution < -0.4 is 5.32 Å². The molecular weight excluding hydrogens is 242 g/mol. The summed E-state index contributed by atoms with van der Waals surface area (Å²) in [6.45, 7) is 4.29. The Morgan fingerprint density at radius 3 is 2.84 bits per heavy atom. The minimum absolute atomic E-state index is 0.149. The van der Waals surface area contributed by atoms with Crippen molar-refractivity contribution in [3.05, 3.63) is 18.0 Å². The molecule has 5 heteroatoms. The molecule has 106 valence electrons. The van der Waals surface area contributed by atoms with E-state index in [0.717, 1.165) is 12.8 Å². The molecule has 1 aliphatic carbocycles. The van der Waals surface area contributed by atoms with E-state index in [2.05, 4.69) is 10.4 Å². The summed E-state index contributed by atoms with van der Waals surface area (Å²) in [5, 5.41) is 17.0. The smallest absolute Gasteiger partial charge is 0.269 e. The van der Waals surface area contributed by atoms with E-state index in [1.807, 2.05) is 13.8 Å². The second-order valence-electron chi connectivity index (χ2n) is 5.58. The first kappa shape index (κ1) is 14.1. The average Bonchev–Trinajstić information content (AvgIpc) is 3.04. The zero-order valence-corrected chi connectivity index (χ0v) is 11.7. The summed E-state index contributed by atoms with van der Waals surface area (Å²) in [5.41, 5.74) is 0.550. The minimum atomic E-state index is -0.429. The molecule has 1 aliphatic rings. The molecule has 1 atom stereocenters. The summed E-state index contributed by atoms with van der Waals surface area (Å²) in [6, 6.07) is 1.85. The molecule has 19 heavy (non-hydrogen) atoms. The highest BCUT2D eigenvalue weighted by Crippen LogP contribution is 2.27. The third-order valence-corrected chi connectivity index (χ3v) is 3.81. The SMILES string of the molecule is CC(C)n1nccc1C(=O)NCC(O)C1CCCC1. The predicted molar refractivity (Wildman–Crippen MR) is 72.9 cm³/mol. The highest BCUT2D eigenvalue weighted by atomic mass is 16.3. The average molecular weight is 265 g/mol. The maximum absolute atomic E-state index is 12.1. The van der Waals surface area contributed by atoms with Gasteiger partial charge in [0, 0.05) is 18.8 Å². The van der Waals surface area contributed by atoms with Crippen LogP contribution in [0.15, 0.2) is 12.3 Å². The van der Waals surface area contributed by atoms with Gasteiger partial charge in [0.2, 0.25) is 0 Å². The van der Waals surface area contributed by atoms with Gasteiger partial charge in [-0.3, -0.25) is 9.48 Å². The lowest BCUT2D eigenvalue weighted by Crippen LogP contribution is -2.36. The summed E-state index contributed by atoms with van der Waals surface area (Å²) >= 11 is 0. The molecule has 1 aromatic rings. The lowest BCUT2D eigenvalue weighted by Gasteiger charge is -2.18. The predicted octanol–water partition coefficient (Wildman–Crippen LogP) is 1.74. The lowest BCUT2D eigenvalue weighted by molar-refractivity contribution is 0.0830. The Morgan fingerprint density at radius 2 is 2.21 bits per heavy atom. The fourth-order valence-corrected chi connectivity index (χ4v) is 2.70. The monoisotopic (exact) mass is 265 g/mol. The number of rotatable bonds is 5. The first-order chi connectivity index (χ1) is 9.09. The molecular formula is C14H23N3O2. The van der Waals surface area contributed by atoms with Crippen molar-refractivity contribution in [3.8, 4) is 0 Å². The Labute approximate surface area is 114 Å². The molecule has 0 radical (unpaired) electrons. The molecule has 0 aromatic carbocycles. The number of amides is 1. The van der Waals surface area contributed by atoms with Crippen LogP contribution in [0.25, 0.3) is 0 Å². The molecule has 2 N–H and O–H groups in total. The van der Waals surface area contributed by atoms with Crippen molar-refractivity contribution in [3.63, 3.8) is 0 Å². The van der Waals surface area contributed by atoms with Gasteiger partial charge in [0.1, 0.15) is 5.69 Å². The highest BCUT2D eigenvalue weighted by molar-refractivity contribution is 5.92. The van der Waals surface area contributed by atoms with Crippen LogP contribution in [0.5, 0.6) is 0 Å². The number of hydrogen-bond acceptors (Lipinski definition) is 3. The Kier molecular flexibility index (Phi) is 4.58. The van der Waals surface area contributed by atoms with Gasteiger partial charge in [-0.25, -0.2) is 0 Å². The van der Waals surface area contributed by atoms with Gasteiger partial charge in [0.05, 0.1) is 6.10 Å². The van der Waals surface area contributed by atoms with Gasteiger partial charge < -0.3 is 10.4 Å². The molecule has 1 amide bonds. The molecule has 0 bridgehead atoms. The molecule has 1 heterocycles. The summed E-state index contributed by atoms with van der Waals surface area (Å²) in [4.78, 5) is 12.1. The van der Waals surface area contributed by atoms with E-state index >= 15 is 0 Å². The number of carbonyl (C=O) groups excluding carboxylic acids is 1. The van der Waals surface area contributed by atoms with Crippen LogP contribution in [0.4, 0.5) is 0 Å².